The van der Waals surface area contributed by atoms with Gasteiger partial charge in [-0.2, -0.15) is 0 Å². The molecular formula is C23H33NO3. The molecule has 0 spiro atoms. The topological polar surface area (TPSA) is 58.6 Å². The van der Waals surface area contributed by atoms with Crippen molar-refractivity contribution in [3.05, 3.63) is 29.3 Å². The molecule has 2 N–H and O–H groups in total. The predicted octanol–water partition coefficient (Wildman–Crippen LogP) is 4.02. The molecule has 148 valence electrons. The molecule has 0 heterocycles. The molecule has 2 fully saturated rings. The van der Waals surface area contributed by atoms with Crippen molar-refractivity contribution in [3.8, 4) is 5.75 Å². The average Bonchev–Trinajstić information content (AvgIpc) is 2.93. The zero-order chi connectivity index (χ0) is 19.2. The molecule has 1 amide bonds. The van der Waals surface area contributed by atoms with Crippen LogP contribution in [-0.4, -0.2) is 30.8 Å². The minimum absolute atomic E-state index is 0.168. The molecule has 3 aliphatic carbocycles. The number of aromatic hydroxyl groups is 1. The van der Waals surface area contributed by atoms with Crippen molar-refractivity contribution in [1.82, 2.24) is 5.32 Å². The quantitative estimate of drug-likeness (QED) is 0.840. The van der Waals surface area contributed by atoms with Gasteiger partial charge in [0.2, 0.25) is 5.91 Å². The molecule has 4 heteroatoms. The molecule has 0 aromatic heterocycles. The first-order valence-electron chi connectivity index (χ1n) is 10.6. The van der Waals surface area contributed by atoms with E-state index in [4.69, 9.17) is 4.74 Å². The zero-order valence-electron chi connectivity index (χ0n) is 16.8. The molecule has 4 nitrogen and oxygen atoms in total. The maximum absolute atomic E-state index is 12.4. The van der Waals surface area contributed by atoms with Crippen LogP contribution in [0.5, 0.6) is 5.75 Å². The molecule has 4 rings (SSSR count). The predicted molar refractivity (Wildman–Crippen MR) is 106 cm³/mol. The minimum Gasteiger partial charge on any atom is -0.508 e. The number of phenols is 1. The van der Waals surface area contributed by atoms with Crippen molar-refractivity contribution in [2.24, 2.45) is 23.2 Å². The van der Waals surface area contributed by atoms with Gasteiger partial charge in [0.15, 0.2) is 0 Å². The van der Waals surface area contributed by atoms with Gasteiger partial charge in [0.1, 0.15) is 5.75 Å². The SMILES string of the molecule is CCNC(=O)C[C@H]1C[C@H](OC)[C@@]2(C)CC[C@@H]3c4ccc(O)cc4CC[C@H]3[C@H]12. The highest BCUT2D eigenvalue weighted by Gasteiger charge is 2.59. The largest absolute Gasteiger partial charge is 0.508 e. The van der Waals surface area contributed by atoms with Crippen molar-refractivity contribution in [3.63, 3.8) is 0 Å². The Morgan fingerprint density at radius 2 is 2.19 bits per heavy atom. The maximum atomic E-state index is 12.4. The lowest BCUT2D eigenvalue weighted by atomic mass is 9.54. The summed E-state index contributed by atoms with van der Waals surface area (Å²) >= 11 is 0. The monoisotopic (exact) mass is 371 g/mol. The third-order valence-electron chi connectivity index (χ3n) is 7.87. The van der Waals surface area contributed by atoms with Crippen LogP contribution in [0.4, 0.5) is 0 Å². The Hall–Kier alpha value is -1.55. The minimum atomic E-state index is 0.168. The summed E-state index contributed by atoms with van der Waals surface area (Å²) in [5.41, 5.74) is 2.92. The van der Waals surface area contributed by atoms with Gasteiger partial charge >= 0.3 is 0 Å². The first-order chi connectivity index (χ1) is 13.0. The van der Waals surface area contributed by atoms with Crippen LogP contribution in [0, 0.1) is 23.2 Å². The van der Waals surface area contributed by atoms with Crippen molar-refractivity contribution in [2.45, 2.75) is 64.4 Å². The first-order valence-corrected chi connectivity index (χ1v) is 10.6. The van der Waals surface area contributed by atoms with Gasteiger partial charge < -0.3 is 15.2 Å². The van der Waals surface area contributed by atoms with E-state index in [2.05, 4.69) is 18.3 Å². The van der Waals surface area contributed by atoms with Gasteiger partial charge in [-0.15, -0.1) is 0 Å². The first kappa shape index (κ1) is 18.8. The summed E-state index contributed by atoms with van der Waals surface area (Å²) in [5.74, 6) is 2.66. The Kier molecular flexibility index (Phi) is 4.96. The highest BCUT2D eigenvalue weighted by atomic mass is 16.5. The highest BCUT2D eigenvalue weighted by molar-refractivity contribution is 5.76. The number of ether oxygens (including phenoxy) is 1. The fourth-order valence-electron chi connectivity index (χ4n) is 6.88. The molecule has 0 unspecified atom stereocenters. The number of carbonyl (C=O) groups is 1. The summed E-state index contributed by atoms with van der Waals surface area (Å²) in [7, 11) is 1.84. The van der Waals surface area contributed by atoms with E-state index in [1.807, 2.05) is 26.2 Å². The normalized spacial score (nSPS) is 37.2. The Morgan fingerprint density at radius 1 is 1.37 bits per heavy atom. The fourth-order valence-corrected chi connectivity index (χ4v) is 6.88. The van der Waals surface area contributed by atoms with Gasteiger partial charge in [0.25, 0.3) is 0 Å². The van der Waals surface area contributed by atoms with Crippen LogP contribution in [0.3, 0.4) is 0 Å². The molecular weight excluding hydrogens is 338 g/mol. The number of methoxy groups -OCH3 is 1. The third-order valence-corrected chi connectivity index (χ3v) is 7.87. The van der Waals surface area contributed by atoms with Crippen molar-refractivity contribution < 1.29 is 14.6 Å². The highest BCUT2D eigenvalue weighted by Crippen LogP contribution is 2.63. The number of nitrogens with one attached hydrogen (secondary N) is 1. The van der Waals surface area contributed by atoms with Gasteiger partial charge in [-0.05, 0) is 91.4 Å². The van der Waals surface area contributed by atoms with E-state index >= 15 is 0 Å². The van der Waals surface area contributed by atoms with Crippen molar-refractivity contribution in [2.75, 3.05) is 13.7 Å². The van der Waals surface area contributed by atoms with Gasteiger partial charge in [-0.3, -0.25) is 4.79 Å². The summed E-state index contributed by atoms with van der Waals surface area (Å²) in [6.45, 7) is 5.09. The molecule has 0 saturated heterocycles. The number of amides is 1. The lowest BCUT2D eigenvalue weighted by Crippen LogP contribution is -2.46. The number of fused-ring (bicyclic) bond motifs is 5. The Morgan fingerprint density at radius 3 is 2.93 bits per heavy atom. The van der Waals surface area contributed by atoms with E-state index in [0.717, 1.165) is 25.7 Å². The summed E-state index contributed by atoms with van der Waals surface area (Å²) in [6, 6.07) is 5.94. The molecule has 0 radical (unpaired) electrons. The number of carbonyl (C=O) groups excluding carboxylic acids is 1. The van der Waals surface area contributed by atoms with Crippen LogP contribution < -0.4 is 5.32 Å². The molecule has 27 heavy (non-hydrogen) atoms. The number of rotatable bonds is 4. The van der Waals surface area contributed by atoms with E-state index in [9.17, 15) is 9.90 Å². The average molecular weight is 372 g/mol. The van der Waals surface area contributed by atoms with Gasteiger partial charge in [0.05, 0.1) is 6.10 Å². The van der Waals surface area contributed by atoms with Crippen LogP contribution >= 0.6 is 0 Å². The number of hydrogen-bond acceptors (Lipinski definition) is 3. The van der Waals surface area contributed by atoms with Crippen molar-refractivity contribution in [1.29, 1.82) is 0 Å². The second-order valence-corrected chi connectivity index (χ2v) is 9.14. The van der Waals surface area contributed by atoms with Crippen LogP contribution in [-0.2, 0) is 16.0 Å². The Balaban J connectivity index is 1.66. The molecule has 1 aromatic rings. The van der Waals surface area contributed by atoms with E-state index in [-0.39, 0.29) is 17.4 Å². The van der Waals surface area contributed by atoms with Crippen LogP contribution in [0.2, 0.25) is 0 Å². The van der Waals surface area contributed by atoms with Crippen molar-refractivity contribution >= 4 is 5.91 Å². The number of hydrogen-bond donors (Lipinski definition) is 2. The molecule has 6 atom stereocenters. The van der Waals surface area contributed by atoms with E-state index in [1.165, 1.54) is 17.5 Å². The molecule has 2 saturated carbocycles. The van der Waals surface area contributed by atoms with Gasteiger partial charge in [0, 0.05) is 20.1 Å². The molecule has 3 aliphatic rings. The van der Waals surface area contributed by atoms with Gasteiger partial charge in [-0.1, -0.05) is 13.0 Å². The van der Waals surface area contributed by atoms with Gasteiger partial charge in [-0.25, -0.2) is 0 Å². The summed E-state index contributed by atoms with van der Waals surface area (Å²) in [4.78, 5) is 12.4. The zero-order valence-corrected chi connectivity index (χ0v) is 16.8. The lowest BCUT2D eigenvalue weighted by molar-refractivity contribution is -0.122. The second kappa shape index (κ2) is 7.12. The number of phenolic OH excluding ortho intramolecular Hbond substituents is 1. The lowest BCUT2D eigenvalue weighted by Gasteiger charge is -2.51. The standard InChI is InChI=1S/C23H33NO3/c1-4-24-21(26)13-15-12-20(27-3)23(2)10-9-18-17-8-6-16(25)11-14(17)5-7-19(18)22(15)23/h6,8,11,15,18-20,22,25H,4-5,7,9-10,12-13H2,1-3H3,(H,24,26)/t15-,18-,19-,20+,22+,23-/m1/s1. The number of aryl methyl sites for hydroxylation is 1. The second-order valence-electron chi connectivity index (χ2n) is 9.14. The molecule has 1 aromatic carbocycles. The third kappa shape index (κ3) is 3.06. The van der Waals surface area contributed by atoms with E-state index < -0.39 is 0 Å². The summed E-state index contributed by atoms with van der Waals surface area (Å²) < 4.78 is 5.96. The summed E-state index contributed by atoms with van der Waals surface area (Å²) in [5, 5.41) is 12.9. The Labute approximate surface area is 162 Å². The van der Waals surface area contributed by atoms with Crippen LogP contribution in [0.1, 0.15) is 63.0 Å². The summed E-state index contributed by atoms with van der Waals surface area (Å²) in [6.07, 6.45) is 6.41. The fraction of sp³-hybridized carbons (Fsp3) is 0.696. The van der Waals surface area contributed by atoms with E-state index in [0.29, 0.717) is 42.4 Å². The molecule has 0 bridgehead atoms. The van der Waals surface area contributed by atoms with Crippen LogP contribution in [0.15, 0.2) is 18.2 Å². The Bertz CT molecular complexity index is 718. The number of benzene rings is 1. The van der Waals surface area contributed by atoms with Crippen LogP contribution in [0.25, 0.3) is 0 Å². The maximum Gasteiger partial charge on any atom is 0.220 e. The smallest absolute Gasteiger partial charge is 0.220 e. The molecule has 0 aliphatic heterocycles. The van der Waals surface area contributed by atoms with E-state index in [1.54, 1.807) is 0 Å².